The van der Waals surface area contributed by atoms with Gasteiger partial charge in [0.25, 0.3) is 5.91 Å². The third-order valence-electron chi connectivity index (χ3n) is 3.76. The molecule has 0 aliphatic carbocycles. The first-order valence-electron chi connectivity index (χ1n) is 8.02. The Kier molecular flexibility index (Phi) is 5.33. The molecule has 27 heavy (non-hydrogen) atoms. The van der Waals surface area contributed by atoms with Crippen LogP contribution < -0.4 is 10.1 Å². The number of carbonyl (C=O) groups excluding carboxylic acids is 1. The van der Waals surface area contributed by atoms with Crippen molar-refractivity contribution in [3.05, 3.63) is 77.8 Å². The second-order valence-electron chi connectivity index (χ2n) is 5.53. The molecule has 0 saturated heterocycles. The molecular formula is C21H15FN2O3. The number of hydrogen-bond acceptors (Lipinski definition) is 4. The summed E-state index contributed by atoms with van der Waals surface area (Å²) in [5.74, 6) is 0.399. The van der Waals surface area contributed by atoms with Gasteiger partial charge in [-0.2, -0.15) is 5.26 Å². The van der Waals surface area contributed by atoms with Gasteiger partial charge in [0, 0.05) is 11.6 Å². The number of nitrogens with one attached hydrogen (secondary N) is 1. The number of hydrogen-bond donors (Lipinski definition) is 1. The topological polar surface area (TPSA) is 75.3 Å². The van der Waals surface area contributed by atoms with Crippen molar-refractivity contribution >= 4 is 17.7 Å². The minimum atomic E-state index is -0.582. The molecule has 1 aromatic heterocycles. The first-order chi connectivity index (χ1) is 13.1. The summed E-state index contributed by atoms with van der Waals surface area (Å²) in [6, 6.07) is 17.9. The van der Waals surface area contributed by atoms with Crippen molar-refractivity contribution in [2.45, 2.75) is 0 Å². The molecule has 0 fully saturated rings. The van der Waals surface area contributed by atoms with Crippen molar-refractivity contribution < 1.29 is 18.3 Å². The summed E-state index contributed by atoms with van der Waals surface area (Å²) in [4.78, 5) is 12.4. The van der Waals surface area contributed by atoms with E-state index in [1.165, 1.54) is 25.3 Å². The van der Waals surface area contributed by atoms with Gasteiger partial charge in [-0.3, -0.25) is 4.79 Å². The molecule has 5 nitrogen and oxygen atoms in total. The van der Waals surface area contributed by atoms with Crippen molar-refractivity contribution in [1.82, 2.24) is 0 Å². The van der Waals surface area contributed by atoms with E-state index in [1.54, 1.807) is 48.5 Å². The molecule has 0 unspecified atom stereocenters. The summed E-state index contributed by atoms with van der Waals surface area (Å²) in [7, 11) is 1.49. The van der Waals surface area contributed by atoms with Gasteiger partial charge in [0.2, 0.25) is 0 Å². The Balaban J connectivity index is 1.81. The number of anilines is 1. The van der Waals surface area contributed by atoms with Crippen LogP contribution in [0.15, 0.2) is 70.7 Å². The Bertz CT molecular complexity index is 1030. The molecular weight excluding hydrogens is 347 g/mol. The summed E-state index contributed by atoms with van der Waals surface area (Å²) < 4.78 is 23.8. The van der Waals surface area contributed by atoms with Gasteiger partial charge in [-0.05, 0) is 48.5 Å². The van der Waals surface area contributed by atoms with E-state index >= 15 is 0 Å². The van der Waals surface area contributed by atoms with Gasteiger partial charge < -0.3 is 14.5 Å². The smallest absolute Gasteiger partial charge is 0.266 e. The number of amides is 1. The standard InChI is InChI=1S/C21H15FN2O3/c1-26-20-5-3-2-4-18(20)24-21(25)15(13-23)12-17-10-11-19(27-17)14-6-8-16(22)9-7-14/h2-12H,1H3,(H,24,25). The third kappa shape index (κ3) is 4.22. The molecule has 3 rings (SSSR count). The third-order valence-corrected chi connectivity index (χ3v) is 3.76. The van der Waals surface area contributed by atoms with Crippen molar-refractivity contribution in [2.75, 3.05) is 12.4 Å². The lowest BCUT2D eigenvalue weighted by atomic mass is 10.2. The van der Waals surface area contributed by atoms with E-state index in [1.807, 2.05) is 6.07 Å². The Labute approximate surface area is 155 Å². The number of nitriles is 1. The van der Waals surface area contributed by atoms with Crippen molar-refractivity contribution in [1.29, 1.82) is 5.26 Å². The lowest BCUT2D eigenvalue weighted by Crippen LogP contribution is -2.14. The molecule has 0 saturated carbocycles. The van der Waals surface area contributed by atoms with Gasteiger partial charge in [-0.15, -0.1) is 0 Å². The maximum Gasteiger partial charge on any atom is 0.266 e. The Morgan fingerprint density at radius 1 is 1.15 bits per heavy atom. The number of halogens is 1. The maximum absolute atomic E-state index is 13.0. The van der Waals surface area contributed by atoms with Crippen LogP contribution in [0.5, 0.6) is 5.75 Å². The number of ether oxygens (including phenoxy) is 1. The van der Waals surface area contributed by atoms with Crippen LogP contribution in [0, 0.1) is 17.1 Å². The predicted molar refractivity (Wildman–Crippen MR) is 99.3 cm³/mol. The van der Waals surface area contributed by atoms with E-state index < -0.39 is 5.91 Å². The van der Waals surface area contributed by atoms with Gasteiger partial charge in [-0.25, -0.2) is 4.39 Å². The second-order valence-corrected chi connectivity index (χ2v) is 5.53. The number of benzene rings is 2. The molecule has 0 aliphatic heterocycles. The van der Waals surface area contributed by atoms with E-state index in [0.717, 1.165) is 0 Å². The monoisotopic (exact) mass is 362 g/mol. The predicted octanol–water partition coefficient (Wildman–Crippen LogP) is 4.64. The number of rotatable bonds is 5. The summed E-state index contributed by atoms with van der Waals surface area (Å²) in [5, 5.41) is 12.0. The van der Waals surface area contributed by atoms with Crippen LogP contribution in [-0.2, 0) is 4.79 Å². The maximum atomic E-state index is 13.0. The molecule has 6 heteroatoms. The first-order valence-corrected chi connectivity index (χ1v) is 8.02. The Hall–Kier alpha value is -3.85. The molecule has 134 valence electrons. The molecule has 0 radical (unpaired) electrons. The highest BCUT2D eigenvalue weighted by Gasteiger charge is 2.13. The van der Waals surface area contributed by atoms with E-state index in [2.05, 4.69) is 5.32 Å². The fraction of sp³-hybridized carbons (Fsp3) is 0.0476. The van der Waals surface area contributed by atoms with Gasteiger partial charge in [0.1, 0.15) is 34.7 Å². The highest BCUT2D eigenvalue weighted by atomic mass is 19.1. The van der Waals surface area contributed by atoms with Gasteiger partial charge in [0.05, 0.1) is 12.8 Å². The molecule has 2 aromatic carbocycles. The summed E-state index contributed by atoms with van der Waals surface area (Å²) in [6.07, 6.45) is 1.35. The van der Waals surface area contributed by atoms with E-state index in [0.29, 0.717) is 28.5 Å². The average molecular weight is 362 g/mol. The second kappa shape index (κ2) is 8.02. The van der Waals surface area contributed by atoms with Gasteiger partial charge >= 0.3 is 0 Å². The van der Waals surface area contributed by atoms with Crippen molar-refractivity contribution in [2.24, 2.45) is 0 Å². The average Bonchev–Trinajstić information content (AvgIpc) is 3.15. The first kappa shape index (κ1) is 18.0. The normalized spacial score (nSPS) is 10.9. The zero-order valence-corrected chi connectivity index (χ0v) is 14.4. The number of furan rings is 1. The zero-order valence-electron chi connectivity index (χ0n) is 14.4. The largest absolute Gasteiger partial charge is 0.495 e. The van der Waals surface area contributed by atoms with Crippen LogP contribution in [0.4, 0.5) is 10.1 Å². The molecule has 0 atom stereocenters. The molecule has 1 heterocycles. The number of methoxy groups -OCH3 is 1. The van der Waals surface area contributed by atoms with Crippen LogP contribution in [-0.4, -0.2) is 13.0 Å². The van der Waals surface area contributed by atoms with Crippen LogP contribution in [0.3, 0.4) is 0 Å². The SMILES string of the molecule is COc1ccccc1NC(=O)C(C#N)=Cc1ccc(-c2ccc(F)cc2)o1. The molecule has 3 aromatic rings. The minimum absolute atomic E-state index is 0.124. The number of carbonyl (C=O) groups is 1. The molecule has 1 amide bonds. The van der Waals surface area contributed by atoms with Crippen LogP contribution in [0.25, 0.3) is 17.4 Å². The van der Waals surface area contributed by atoms with E-state index in [-0.39, 0.29) is 11.4 Å². The number of para-hydroxylation sites is 2. The highest BCUT2D eigenvalue weighted by Crippen LogP contribution is 2.25. The Morgan fingerprint density at radius 2 is 1.89 bits per heavy atom. The molecule has 0 bridgehead atoms. The van der Waals surface area contributed by atoms with Crippen molar-refractivity contribution in [3.63, 3.8) is 0 Å². The van der Waals surface area contributed by atoms with Crippen molar-refractivity contribution in [3.8, 4) is 23.1 Å². The quantitative estimate of drug-likeness (QED) is 0.530. The van der Waals surface area contributed by atoms with Gasteiger partial charge in [-0.1, -0.05) is 12.1 Å². The molecule has 0 aliphatic rings. The van der Waals surface area contributed by atoms with Crippen LogP contribution >= 0.6 is 0 Å². The van der Waals surface area contributed by atoms with Crippen LogP contribution in [0.1, 0.15) is 5.76 Å². The summed E-state index contributed by atoms with van der Waals surface area (Å²) in [6.45, 7) is 0. The Morgan fingerprint density at radius 3 is 2.59 bits per heavy atom. The minimum Gasteiger partial charge on any atom is -0.495 e. The number of nitrogens with zero attached hydrogens (tertiary/aromatic N) is 1. The van der Waals surface area contributed by atoms with E-state index in [4.69, 9.17) is 9.15 Å². The lowest BCUT2D eigenvalue weighted by molar-refractivity contribution is -0.112. The molecule has 0 spiro atoms. The lowest BCUT2D eigenvalue weighted by Gasteiger charge is -2.08. The highest BCUT2D eigenvalue weighted by molar-refractivity contribution is 6.10. The van der Waals surface area contributed by atoms with E-state index in [9.17, 15) is 14.4 Å². The summed E-state index contributed by atoms with van der Waals surface area (Å²) in [5.41, 5.74) is 1.02. The zero-order chi connectivity index (χ0) is 19.2. The fourth-order valence-corrected chi connectivity index (χ4v) is 2.43. The summed E-state index contributed by atoms with van der Waals surface area (Å²) >= 11 is 0. The van der Waals surface area contributed by atoms with Crippen LogP contribution in [0.2, 0.25) is 0 Å². The fourth-order valence-electron chi connectivity index (χ4n) is 2.43. The molecule has 1 N–H and O–H groups in total. The van der Waals surface area contributed by atoms with Gasteiger partial charge in [0.15, 0.2) is 0 Å².